The van der Waals surface area contributed by atoms with E-state index in [4.69, 9.17) is 17.0 Å². The fourth-order valence-electron chi connectivity index (χ4n) is 0.995. The van der Waals surface area contributed by atoms with Crippen LogP contribution < -0.4 is 22.0 Å². The van der Waals surface area contributed by atoms with E-state index in [1.54, 1.807) is 0 Å². The Balaban J connectivity index is 2.97. The number of benzene rings is 1. The van der Waals surface area contributed by atoms with Crippen LogP contribution >= 0.6 is 0 Å². The van der Waals surface area contributed by atoms with Crippen LogP contribution in [0.25, 0.3) is 0 Å². The largest absolute Gasteiger partial charge is 0.368 e. The highest BCUT2D eigenvalue weighted by molar-refractivity contribution is 6.08. The van der Waals surface area contributed by atoms with Gasteiger partial charge in [-0.05, 0) is 24.3 Å². The molecule has 0 aliphatic carbocycles. The molecule has 0 bridgehead atoms. The monoisotopic (exact) mass is 210 g/mol. The molecule has 0 radical (unpaired) electrons. The number of hydrazone groups is 1. The van der Waals surface area contributed by atoms with Gasteiger partial charge in [0.25, 0.3) is 0 Å². The van der Waals surface area contributed by atoms with Gasteiger partial charge in [0.2, 0.25) is 5.96 Å². The molecule has 0 aromatic heterocycles. The number of nitrogens with one attached hydrogen (secondary N) is 2. The van der Waals surface area contributed by atoms with E-state index in [0.717, 1.165) is 6.34 Å². The number of rotatable bonds is 3. The van der Waals surface area contributed by atoms with E-state index in [0.29, 0.717) is 5.69 Å². The molecule has 1 aromatic carbocycles. The maximum atomic E-state index is 12.6. The van der Waals surface area contributed by atoms with Crippen LogP contribution in [0.5, 0.6) is 0 Å². The SMILES string of the molecule is N=CN(/C(N)=N/NN)c1ccc(F)cc1. The Labute approximate surface area is 85.8 Å². The fraction of sp³-hybridized carbons (Fsp3) is 0. The minimum absolute atomic E-state index is 0.0147. The molecule has 0 atom stereocenters. The van der Waals surface area contributed by atoms with Crippen LogP contribution in [-0.2, 0) is 0 Å². The van der Waals surface area contributed by atoms with E-state index in [-0.39, 0.29) is 11.8 Å². The van der Waals surface area contributed by atoms with Gasteiger partial charge < -0.3 is 5.73 Å². The lowest BCUT2D eigenvalue weighted by Gasteiger charge is -2.17. The lowest BCUT2D eigenvalue weighted by atomic mass is 10.3. The summed E-state index contributed by atoms with van der Waals surface area (Å²) < 4.78 is 12.6. The van der Waals surface area contributed by atoms with E-state index < -0.39 is 0 Å². The molecule has 0 heterocycles. The van der Waals surface area contributed by atoms with Crippen LogP contribution in [-0.4, -0.2) is 12.3 Å². The Kier molecular flexibility index (Phi) is 3.58. The third kappa shape index (κ3) is 2.64. The van der Waals surface area contributed by atoms with Gasteiger partial charge in [0, 0.05) is 0 Å². The summed E-state index contributed by atoms with van der Waals surface area (Å²) in [6, 6.07) is 5.46. The number of nitrogens with zero attached hydrogens (tertiary/aromatic N) is 2. The Bertz CT molecular complexity index is 360. The minimum Gasteiger partial charge on any atom is -0.368 e. The lowest BCUT2D eigenvalue weighted by Crippen LogP contribution is -2.38. The molecule has 6 nitrogen and oxygen atoms in total. The van der Waals surface area contributed by atoms with Crippen LogP contribution in [0.2, 0.25) is 0 Å². The van der Waals surface area contributed by atoms with Gasteiger partial charge in [0.1, 0.15) is 5.82 Å². The first kappa shape index (κ1) is 10.9. The summed E-state index contributed by atoms with van der Waals surface area (Å²) in [6.07, 6.45) is 0.948. The van der Waals surface area contributed by atoms with E-state index in [2.05, 4.69) is 5.10 Å². The fourth-order valence-corrected chi connectivity index (χ4v) is 0.995. The molecule has 15 heavy (non-hydrogen) atoms. The first-order valence-electron chi connectivity index (χ1n) is 4.03. The molecule has 0 saturated carbocycles. The van der Waals surface area contributed by atoms with Crippen molar-refractivity contribution in [2.45, 2.75) is 0 Å². The van der Waals surface area contributed by atoms with E-state index in [9.17, 15) is 4.39 Å². The van der Waals surface area contributed by atoms with Crippen molar-refractivity contribution in [3.05, 3.63) is 30.1 Å². The smallest absolute Gasteiger partial charge is 0.225 e. The lowest BCUT2D eigenvalue weighted by molar-refractivity contribution is 0.628. The number of hydrogen-bond acceptors (Lipinski definition) is 4. The topological polar surface area (TPSA) is 104 Å². The summed E-state index contributed by atoms with van der Waals surface area (Å²) in [4.78, 5) is 1.24. The van der Waals surface area contributed by atoms with Crippen molar-refractivity contribution in [1.29, 1.82) is 5.41 Å². The third-order valence-corrected chi connectivity index (χ3v) is 1.66. The molecule has 0 unspecified atom stereocenters. The van der Waals surface area contributed by atoms with Gasteiger partial charge >= 0.3 is 0 Å². The minimum atomic E-state index is -0.365. The van der Waals surface area contributed by atoms with Gasteiger partial charge in [0.05, 0.1) is 12.0 Å². The summed E-state index contributed by atoms with van der Waals surface area (Å²) in [6.45, 7) is 0. The summed E-state index contributed by atoms with van der Waals surface area (Å²) >= 11 is 0. The van der Waals surface area contributed by atoms with Crippen molar-refractivity contribution in [2.75, 3.05) is 4.90 Å². The zero-order chi connectivity index (χ0) is 11.3. The number of hydrazine groups is 1. The maximum Gasteiger partial charge on any atom is 0.225 e. The van der Waals surface area contributed by atoms with Crippen molar-refractivity contribution < 1.29 is 4.39 Å². The molecular formula is C8H11FN6. The van der Waals surface area contributed by atoms with Gasteiger partial charge in [-0.2, -0.15) is 0 Å². The van der Waals surface area contributed by atoms with Crippen molar-refractivity contribution in [3.8, 4) is 0 Å². The zero-order valence-electron chi connectivity index (χ0n) is 7.81. The van der Waals surface area contributed by atoms with Crippen LogP contribution in [0.15, 0.2) is 29.4 Å². The zero-order valence-corrected chi connectivity index (χ0v) is 7.81. The first-order valence-corrected chi connectivity index (χ1v) is 4.03. The van der Waals surface area contributed by atoms with Gasteiger partial charge in [-0.15, -0.1) is 5.10 Å². The molecule has 0 aliphatic heterocycles. The Hall–Kier alpha value is -2.15. The summed E-state index contributed by atoms with van der Waals surface area (Å²) in [5.74, 6) is 4.57. The van der Waals surface area contributed by atoms with Crippen molar-refractivity contribution in [3.63, 3.8) is 0 Å². The first-order chi connectivity index (χ1) is 7.19. The number of hydrogen-bond donors (Lipinski definition) is 4. The number of guanidine groups is 1. The van der Waals surface area contributed by atoms with Crippen molar-refractivity contribution in [1.82, 2.24) is 5.53 Å². The second-order valence-electron chi connectivity index (χ2n) is 2.57. The van der Waals surface area contributed by atoms with Crippen LogP contribution in [0.4, 0.5) is 10.1 Å². The van der Waals surface area contributed by atoms with Crippen molar-refractivity contribution in [2.24, 2.45) is 16.7 Å². The number of halogens is 1. The molecule has 0 amide bonds. The predicted octanol–water partition coefficient (Wildman–Crippen LogP) is -0.0678. The van der Waals surface area contributed by atoms with E-state index in [1.165, 1.54) is 29.2 Å². The summed E-state index contributed by atoms with van der Waals surface area (Å²) in [5, 5.41) is 10.6. The Morgan fingerprint density at radius 2 is 2.07 bits per heavy atom. The molecule has 0 fully saturated rings. The van der Waals surface area contributed by atoms with Crippen molar-refractivity contribution >= 4 is 18.0 Å². The van der Waals surface area contributed by atoms with Crippen LogP contribution in [0.3, 0.4) is 0 Å². The average molecular weight is 210 g/mol. The molecule has 7 heteroatoms. The third-order valence-electron chi connectivity index (χ3n) is 1.66. The van der Waals surface area contributed by atoms with Crippen LogP contribution in [0.1, 0.15) is 0 Å². The molecule has 1 aromatic rings. The summed E-state index contributed by atoms with van der Waals surface area (Å²) in [7, 11) is 0. The highest BCUT2D eigenvalue weighted by atomic mass is 19.1. The number of anilines is 1. The molecule has 1 rings (SSSR count). The predicted molar refractivity (Wildman–Crippen MR) is 56.6 cm³/mol. The highest BCUT2D eigenvalue weighted by Crippen LogP contribution is 2.12. The van der Waals surface area contributed by atoms with Crippen LogP contribution in [0, 0.1) is 11.2 Å². The van der Waals surface area contributed by atoms with Gasteiger partial charge in [-0.3, -0.25) is 10.3 Å². The van der Waals surface area contributed by atoms with Gasteiger partial charge in [-0.25, -0.2) is 15.8 Å². The molecule has 0 spiro atoms. The van der Waals surface area contributed by atoms with E-state index >= 15 is 0 Å². The Morgan fingerprint density at radius 3 is 2.53 bits per heavy atom. The van der Waals surface area contributed by atoms with Gasteiger partial charge in [-0.1, -0.05) is 0 Å². The van der Waals surface area contributed by atoms with E-state index in [1.807, 2.05) is 5.53 Å². The molecule has 0 saturated heterocycles. The molecule has 80 valence electrons. The second-order valence-corrected chi connectivity index (χ2v) is 2.57. The second kappa shape index (κ2) is 4.91. The summed E-state index contributed by atoms with van der Waals surface area (Å²) in [5.41, 5.74) is 8.02. The quantitative estimate of drug-likeness (QED) is 0.243. The maximum absolute atomic E-state index is 12.6. The molecule has 6 N–H and O–H groups in total. The molecule has 0 aliphatic rings. The highest BCUT2D eigenvalue weighted by Gasteiger charge is 2.07. The normalized spacial score (nSPS) is 10.9. The average Bonchev–Trinajstić information content (AvgIpc) is 2.22. The number of nitrogens with two attached hydrogens (primary N) is 2. The standard InChI is InChI=1S/C8H11FN6/c9-6-1-3-7(4-2-6)15(5-10)8(11)13-14-12/h1-5,10,14H,12H2,(H2,11,13). The molecular weight excluding hydrogens is 199 g/mol. The Morgan fingerprint density at radius 1 is 1.47 bits per heavy atom. The van der Waals surface area contributed by atoms with Gasteiger partial charge in [0.15, 0.2) is 0 Å².